The van der Waals surface area contributed by atoms with Crippen LogP contribution in [0, 0.1) is 17.3 Å². The monoisotopic (exact) mass is 1180 g/mol. The zero-order valence-corrected chi connectivity index (χ0v) is 52.0. The van der Waals surface area contributed by atoms with Gasteiger partial charge in [-0.25, -0.2) is 4.79 Å². The molecule has 64 heavy (non-hydrogen) atoms. The number of unbranched alkanes of at least 4 members (excludes halogenated alkanes) is 8. The Kier molecular flexibility index (Phi) is 34.8. The maximum absolute atomic E-state index is 12.0. The van der Waals surface area contributed by atoms with Gasteiger partial charge in [-0.2, -0.15) is 0 Å². The fourth-order valence-electron chi connectivity index (χ4n) is 10.1. The van der Waals surface area contributed by atoms with Crippen LogP contribution in [0.4, 0.5) is 0 Å². The Hall–Kier alpha value is 1.14. The third kappa shape index (κ3) is 22.1. The molecule has 3 unspecified atom stereocenters. The van der Waals surface area contributed by atoms with E-state index in [9.17, 15) is 9.59 Å². The van der Waals surface area contributed by atoms with E-state index in [0.717, 1.165) is 54.9 Å². The number of hydrogen-bond acceptors (Lipinski definition) is 6. The van der Waals surface area contributed by atoms with Crippen molar-refractivity contribution in [3.63, 3.8) is 0 Å². The molecular formula is C54H82O6Y4. The molecule has 2 saturated heterocycles. The SMILES string of the molecule is C=C1CC(CCOc2ccc(C3CCC(CCCCCCC)CC3)cc2)OC1=O.CCCCCCCC1CCC(c2ccc(OCCC3CC(C)(CC)C(=O)O3)cc2)CC1.[Y].[Y].[Y].[Y]. The van der Waals surface area contributed by atoms with Gasteiger partial charge in [-0.05, 0) is 124 Å². The molecule has 2 aromatic rings. The number of hydrogen-bond donors (Lipinski definition) is 0. The maximum Gasteiger partial charge on any atom is 0.333 e. The van der Waals surface area contributed by atoms with Crippen molar-refractivity contribution in [2.75, 3.05) is 13.2 Å². The molecule has 6 nitrogen and oxygen atoms in total. The van der Waals surface area contributed by atoms with Gasteiger partial charge in [0.05, 0.1) is 18.6 Å². The first kappa shape index (κ1) is 63.2. The molecule has 3 atom stereocenters. The zero-order valence-electron chi connectivity index (χ0n) is 40.6. The average Bonchev–Trinajstić information content (AvgIpc) is 3.75. The molecule has 2 aliphatic heterocycles. The van der Waals surface area contributed by atoms with E-state index >= 15 is 0 Å². The molecule has 0 aromatic heterocycles. The summed E-state index contributed by atoms with van der Waals surface area (Å²) in [6.45, 7) is 13.5. The summed E-state index contributed by atoms with van der Waals surface area (Å²) in [7, 11) is 0. The fourth-order valence-corrected chi connectivity index (χ4v) is 10.1. The van der Waals surface area contributed by atoms with Gasteiger partial charge in [-0.15, -0.1) is 0 Å². The van der Waals surface area contributed by atoms with Crippen molar-refractivity contribution >= 4 is 11.9 Å². The number of rotatable bonds is 23. The van der Waals surface area contributed by atoms with Gasteiger partial charge in [0.15, 0.2) is 0 Å². The minimum atomic E-state index is -0.305. The van der Waals surface area contributed by atoms with Gasteiger partial charge >= 0.3 is 11.9 Å². The molecular weight excluding hydrogens is 1100 g/mol. The fraction of sp³-hybridized carbons (Fsp3) is 0.704. The van der Waals surface area contributed by atoms with Gasteiger partial charge in [0.2, 0.25) is 0 Å². The van der Waals surface area contributed by atoms with Crippen LogP contribution in [0.3, 0.4) is 0 Å². The molecule has 2 saturated carbocycles. The second-order valence-electron chi connectivity index (χ2n) is 19.2. The Morgan fingerprint density at radius 2 is 0.984 bits per heavy atom. The summed E-state index contributed by atoms with van der Waals surface area (Å²) >= 11 is 0. The minimum Gasteiger partial charge on any atom is -0.493 e. The van der Waals surface area contributed by atoms with E-state index in [0.29, 0.717) is 31.1 Å². The Balaban J connectivity index is 0.000000603. The quantitative estimate of drug-likeness (QED) is 0.0627. The molecule has 346 valence electrons. The largest absolute Gasteiger partial charge is 0.493 e. The van der Waals surface area contributed by atoms with E-state index in [1.165, 1.54) is 140 Å². The Labute approximate surface area is 490 Å². The molecule has 2 aromatic carbocycles. The first-order valence-electron chi connectivity index (χ1n) is 24.7. The van der Waals surface area contributed by atoms with Crippen LogP contribution in [-0.4, -0.2) is 37.4 Å². The third-order valence-electron chi connectivity index (χ3n) is 14.5. The summed E-state index contributed by atoms with van der Waals surface area (Å²) in [5.41, 5.74) is 3.20. The Morgan fingerprint density at radius 1 is 0.562 bits per heavy atom. The summed E-state index contributed by atoms with van der Waals surface area (Å²) in [5, 5.41) is 0. The third-order valence-corrected chi connectivity index (χ3v) is 14.5. The van der Waals surface area contributed by atoms with Crippen LogP contribution < -0.4 is 9.47 Å². The summed E-state index contributed by atoms with van der Waals surface area (Å²) in [4.78, 5) is 23.4. The van der Waals surface area contributed by atoms with Crippen LogP contribution in [0.15, 0.2) is 60.7 Å². The predicted octanol–water partition coefficient (Wildman–Crippen LogP) is 14.8. The average molecular weight is 1180 g/mol. The van der Waals surface area contributed by atoms with E-state index in [2.05, 4.69) is 75.9 Å². The van der Waals surface area contributed by atoms with E-state index < -0.39 is 0 Å². The Morgan fingerprint density at radius 3 is 1.36 bits per heavy atom. The van der Waals surface area contributed by atoms with Crippen molar-refractivity contribution in [1.29, 1.82) is 0 Å². The molecule has 0 bridgehead atoms. The van der Waals surface area contributed by atoms with E-state index in [4.69, 9.17) is 18.9 Å². The molecule has 2 aliphatic carbocycles. The number of carbonyl (C=O) groups excluding carboxylic acids is 2. The number of ether oxygens (including phenoxy) is 4. The van der Waals surface area contributed by atoms with Gasteiger partial charge in [0.1, 0.15) is 23.7 Å². The van der Waals surface area contributed by atoms with Crippen LogP contribution in [0.1, 0.15) is 211 Å². The second-order valence-corrected chi connectivity index (χ2v) is 19.2. The predicted molar refractivity (Wildman–Crippen MR) is 246 cm³/mol. The number of carbonyl (C=O) groups is 2. The first-order valence-corrected chi connectivity index (χ1v) is 24.7. The summed E-state index contributed by atoms with van der Waals surface area (Å²) in [6, 6.07) is 17.4. The summed E-state index contributed by atoms with van der Waals surface area (Å²) in [6.07, 6.45) is 31.5. The normalized spacial score (nSPS) is 24.9. The first-order chi connectivity index (χ1) is 29.2. The second kappa shape index (κ2) is 35.3. The number of esters is 2. The number of cyclic esters (lactones) is 2. The molecule has 0 amide bonds. The molecule has 0 N–H and O–H groups in total. The van der Waals surface area contributed by atoms with Crippen LogP contribution in [0.25, 0.3) is 0 Å². The van der Waals surface area contributed by atoms with Gasteiger partial charge in [0, 0.05) is 162 Å². The maximum atomic E-state index is 12.0. The van der Waals surface area contributed by atoms with Crippen LogP contribution >= 0.6 is 0 Å². The van der Waals surface area contributed by atoms with Crippen molar-refractivity contribution < 1.29 is 159 Å². The van der Waals surface area contributed by atoms with Crippen molar-refractivity contribution in [2.24, 2.45) is 17.3 Å². The van der Waals surface area contributed by atoms with Crippen molar-refractivity contribution in [3.8, 4) is 11.5 Å². The minimum absolute atomic E-state index is 0. The molecule has 6 rings (SSSR count). The van der Waals surface area contributed by atoms with Gasteiger partial charge in [-0.1, -0.05) is 129 Å². The molecule has 10 heteroatoms. The van der Waals surface area contributed by atoms with Crippen LogP contribution in [0.5, 0.6) is 11.5 Å². The zero-order chi connectivity index (χ0) is 42.6. The van der Waals surface area contributed by atoms with Crippen LogP contribution in [0.2, 0.25) is 0 Å². The standard InChI is InChI=1S/C28H44O3.C26H38O3.4Y/c1-4-6-7-8-9-10-22-11-13-23(14-12-22)24-15-17-25(18-16-24)30-20-19-26-21-28(3,5-2)27(29)31-26;1-3-4-5-6-7-8-21-9-11-22(12-10-21)23-13-15-24(16-14-23)28-18-17-25-19-20(2)26(27)29-25;;;;/h15-18,22-23,26H,4-14,19-21H2,1-3H3;13-16,21-22,25H,2-12,17-19H2,1H3;;;;. The van der Waals surface area contributed by atoms with E-state index in [1.54, 1.807) is 0 Å². The van der Waals surface area contributed by atoms with Gasteiger partial charge in [0.25, 0.3) is 0 Å². The molecule has 4 fully saturated rings. The van der Waals surface area contributed by atoms with Gasteiger partial charge in [-0.3, -0.25) is 4.79 Å². The molecule has 0 spiro atoms. The Bertz CT molecular complexity index is 1540. The smallest absolute Gasteiger partial charge is 0.333 e. The molecule has 4 aliphatic rings. The summed E-state index contributed by atoms with van der Waals surface area (Å²) in [5.74, 6) is 4.86. The topological polar surface area (TPSA) is 71.1 Å². The van der Waals surface area contributed by atoms with Crippen molar-refractivity contribution in [1.82, 2.24) is 0 Å². The molecule has 4 radical (unpaired) electrons. The number of benzene rings is 2. The van der Waals surface area contributed by atoms with E-state index in [1.807, 2.05) is 6.92 Å². The van der Waals surface area contributed by atoms with Gasteiger partial charge < -0.3 is 18.9 Å². The van der Waals surface area contributed by atoms with Crippen molar-refractivity contribution in [3.05, 3.63) is 71.8 Å². The van der Waals surface area contributed by atoms with Crippen molar-refractivity contribution in [2.45, 2.75) is 212 Å². The van der Waals surface area contributed by atoms with E-state index in [-0.39, 0.29) is 160 Å². The van der Waals surface area contributed by atoms with Crippen LogP contribution in [-0.2, 0) is 150 Å². The molecule has 2 heterocycles. The summed E-state index contributed by atoms with van der Waals surface area (Å²) < 4.78 is 22.6.